The van der Waals surface area contributed by atoms with Crippen molar-refractivity contribution >= 4 is 11.6 Å². The van der Waals surface area contributed by atoms with E-state index in [1.807, 2.05) is 0 Å². The zero-order valence-electron chi connectivity index (χ0n) is 10.4. The van der Waals surface area contributed by atoms with E-state index in [2.05, 4.69) is 10.6 Å². The second-order valence-electron chi connectivity index (χ2n) is 3.80. The number of carbonyl (C=O) groups is 1. The van der Waals surface area contributed by atoms with E-state index in [1.54, 1.807) is 0 Å². The van der Waals surface area contributed by atoms with Crippen LogP contribution in [-0.2, 0) is 15.7 Å². The van der Waals surface area contributed by atoms with Crippen LogP contribution in [0.15, 0.2) is 24.3 Å². The van der Waals surface area contributed by atoms with Gasteiger partial charge in [0, 0.05) is 19.3 Å². The maximum atomic E-state index is 12.5. The summed E-state index contributed by atoms with van der Waals surface area (Å²) < 4.78 is 42.1. The van der Waals surface area contributed by atoms with Gasteiger partial charge in [-0.05, 0) is 18.2 Å². The van der Waals surface area contributed by atoms with Gasteiger partial charge in [-0.1, -0.05) is 6.07 Å². The van der Waals surface area contributed by atoms with Crippen molar-refractivity contribution in [1.82, 2.24) is 5.32 Å². The van der Waals surface area contributed by atoms with E-state index in [0.717, 1.165) is 12.1 Å². The molecule has 106 valence electrons. The molecule has 0 aliphatic rings. The van der Waals surface area contributed by atoms with Crippen LogP contribution >= 0.6 is 0 Å². The average Bonchev–Trinajstić information content (AvgIpc) is 2.34. The number of alkyl halides is 3. The van der Waals surface area contributed by atoms with Gasteiger partial charge in [0.25, 0.3) is 0 Å². The summed E-state index contributed by atoms with van der Waals surface area (Å²) in [5.41, 5.74) is -0.675. The van der Waals surface area contributed by atoms with Gasteiger partial charge in [-0.2, -0.15) is 13.2 Å². The Labute approximate surface area is 108 Å². The Morgan fingerprint density at radius 2 is 2.11 bits per heavy atom. The van der Waals surface area contributed by atoms with Gasteiger partial charge in [-0.25, -0.2) is 0 Å². The Hall–Kier alpha value is -1.60. The highest BCUT2D eigenvalue weighted by atomic mass is 19.4. The van der Waals surface area contributed by atoms with Crippen molar-refractivity contribution in [3.63, 3.8) is 0 Å². The van der Waals surface area contributed by atoms with Gasteiger partial charge in [0.05, 0.1) is 18.7 Å². The normalized spacial score (nSPS) is 11.4. The maximum Gasteiger partial charge on any atom is 0.416 e. The van der Waals surface area contributed by atoms with Crippen LogP contribution in [0.5, 0.6) is 0 Å². The van der Waals surface area contributed by atoms with Crippen LogP contribution in [0, 0.1) is 0 Å². The van der Waals surface area contributed by atoms with Crippen molar-refractivity contribution in [3.8, 4) is 0 Å². The lowest BCUT2D eigenvalue weighted by Crippen LogP contribution is -2.30. The molecule has 0 heterocycles. The van der Waals surface area contributed by atoms with Crippen LogP contribution in [-0.4, -0.2) is 32.7 Å². The molecular weight excluding hydrogens is 261 g/mol. The molecule has 19 heavy (non-hydrogen) atoms. The molecule has 0 spiro atoms. The number of anilines is 1. The Balaban J connectivity index is 2.50. The third-order valence-electron chi connectivity index (χ3n) is 2.24. The number of hydrogen-bond donors (Lipinski definition) is 2. The molecule has 0 fully saturated rings. The van der Waals surface area contributed by atoms with Crippen LogP contribution < -0.4 is 10.6 Å². The van der Waals surface area contributed by atoms with Crippen LogP contribution in [0.25, 0.3) is 0 Å². The highest BCUT2D eigenvalue weighted by Crippen LogP contribution is 2.30. The molecule has 1 aromatic rings. The average molecular weight is 276 g/mol. The van der Waals surface area contributed by atoms with Gasteiger partial charge >= 0.3 is 6.18 Å². The first-order valence-corrected chi connectivity index (χ1v) is 5.60. The van der Waals surface area contributed by atoms with Crippen molar-refractivity contribution < 1.29 is 22.7 Å². The van der Waals surface area contributed by atoms with Crippen LogP contribution in [0.4, 0.5) is 18.9 Å². The van der Waals surface area contributed by atoms with Crippen LogP contribution in [0.3, 0.4) is 0 Å². The van der Waals surface area contributed by atoms with Crippen molar-refractivity contribution in [1.29, 1.82) is 0 Å². The Morgan fingerprint density at radius 1 is 1.37 bits per heavy atom. The number of benzene rings is 1. The summed E-state index contributed by atoms with van der Waals surface area (Å²) in [6.45, 7) is 0.961. The molecule has 0 aromatic heterocycles. The third-order valence-corrected chi connectivity index (χ3v) is 2.24. The van der Waals surface area contributed by atoms with Gasteiger partial charge in [0.2, 0.25) is 5.91 Å². The summed E-state index contributed by atoms with van der Waals surface area (Å²) in [5, 5.41) is 5.18. The van der Waals surface area contributed by atoms with Crippen LogP contribution in [0.2, 0.25) is 0 Å². The lowest BCUT2D eigenvalue weighted by Gasteiger charge is -2.10. The first-order valence-electron chi connectivity index (χ1n) is 5.60. The van der Waals surface area contributed by atoms with E-state index in [0.29, 0.717) is 13.2 Å². The molecule has 0 bridgehead atoms. The fourth-order valence-electron chi connectivity index (χ4n) is 1.35. The second kappa shape index (κ2) is 7.10. The van der Waals surface area contributed by atoms with Gasteiger partial charge in [-0.3, -0.25) is 4.79 Å². The lowest BCUT2D eigenvalue weighted by atomic mass is 10.2. The monoisotopic (exact) mass is 276 g/mol. The van der Waals surface area contributed by atoms with Gasteiger partial charge in [-0.15, -0.1) is 0 Å². The minimum atomic E-state index is -4.42. The summed E-state index contributed by atoms with van der Waals surface area (Å²) in [6.07, 6.45) is -4.42. The highest BCUT2D eigenvalue weighted by molar-refractivity contribution is 5.92. The number of amides is 1. The third kappa shape index (κ3) is 5.71. The molecule has 0 aliphatic heterocycles. The molecule has 2 N–H and O–H groups in total. The van der Waals surface area contributed by atoms with E-state index in [9.17, 15) is 18.0 Å². The number of rotatable bonds is 6. The number of halogens is 3. The Morgan fingerprint density at radius 3 is 2.74 bits per heavy atom. The number of methoxy groups -OCH3 is 1. The zero-order valence-corrected chi connectivity index (χ0v) is 10.4. The number of hydrogen-bond acceptors (Lipinski definition) is 3. The minimum Gasteiger partial charge on any atom is -0.383 e. The van der Waals surface area contributed by atoms with Gasteiger partial charge in [0.1, 0.15) is 0 Å². The fraction of sp³-hybridized carbons (Fsp3) is 0.417. The summed E-state index contributed by atoms with van der Waals surface area (Å²) in [4.78, 5) is 11.4. The van der Waals surface area contributed by atoms with Crippen molar-refractivity contribution in [3.05, 3.63) is 29.8 Å². The zero-order chi connectivity index (χ0) is 14.3. The molecule has 1 amide bonds. The Kier molecular flexibility index (Phi) is 5.78. The minimum absolute atomic E-state index is 0.0135. The topological polar surface area (TPSA) is 50.4 Å². The largest absolute Gasteiger partial charge is 0.416 e. The van der Waals surface area contributed by atoms with E-state index in [4.69, 9.17) is 4.74 Å². The van der Waals surface area contributed by atoms with Crippen molar-refractivity contribution in [2.75, 3.05) is 32.1 Å². The van der Waals surface area contributed by atoms with Gasteiger partial charge < -0.3 is 15.4 Å². The number of carbonyl (C=O) groups excluding carboxylic acids is 1. The molecule has 0 unspecified atom stereocenters. The highest BCUT2D eigenvalue weighted by Gasteiger charge is 2.30. The molecular formula is C12H15F3N2O2. The van der Waals surface area contributed by atoms with Crippen molar-refractivity contribution in [2.24, 2.45) is 0 Å². The number of nitrogens with one attached hydrogen (secondary N) is 2. The summed E-state index contributed by atoms with van der Waals surface area (Å²) >= 11 is 0. The van der Waals surface area contributed by atoms with Crippen molar-refractivity contribution in [2.45, 2.75) is 6.18 Å². The number of ether oxygens (including phenoxy) is 1. The molecule has 1 aromatic carbocycles. The molecule has 0 saturated carbocycles. The van der Waals surface area contributed by atoms with E-state index < -0.39 is 17.6 Å². The SMILES string of the molecule is COCCNCC(=O)Nc1cccc(C(F)(F)F)c1. The first-order chi connectivity index (χ1) is 8.93. The molecule has 1 rings (SSSR count). The molecule has 7 heteroatoms. The van der Waals surface area contributed by atoms with Crippen LogP contribution in [0.1, 0.15) is 5.56 Å². The van der Waals surface area contributed by atoms with E-state index in [-0.39, 0.29) is 12.2 Å². The van der Waals surface area contributed by atoms with E-state index in [1.165, 1.54) is 19.2 Å². The molecule has 0 radical (unpaired) electrons. The van der Waals surface area contributed by atoms with Gasteiger partial charge in [0.15, 0.2) is 0 Å². The standard InChI is InChI=1S/C12H15F3N2O2/c1-19-6-5-16-8-11(18)17-10-4-2-3-9(7-10)12(13,14)15/h2-4,7,16H,5-6,8H2,1H3,(H,17,18). The first kappa shape index (κ1) is 15.5. The molecule has 4 nitrogen and oxygen atoms in total. The lowest BCUT2D eigenvalue weighted by molar-refractivity contribution is -0.137. The van der Waals surface area contributed by atoms with E-state index >= 15 is 0 Å². The predicted molar refractivity (Wildman–Crippen MR) is 64.8 cm³/mol. The second-order valence-corrected chi connectivity index (χ2v) is 3.80. The maximum absolute atomic E-state index is 12.5. The fourth-order valence-corrected chi connectivity index (χ4v) is 1.35. The molecule has 0 saturated heterocycles. The predicted octanol–water partition coefficient (Wildman–Crippen LogP) is 1.88. The molecule has 0 aliphatic carbocycles. The summed E-state index contributed by atoms with van der Waals surface area (Å²) in [5.74, 6) is -0.407. The quantitative estimate of drug-likeness (QED) is 0.780. The Bertz CT molecular complexity index is 422. The molecule has 0 atom stereocenters. The summed E-state index contributed by atoms with van der Waals surface area (Å²) in [6, 6.07) is 4.50. The summed E-state index contributed by atoms with van der Waals surface area (Å²) in [7, 11) is 1.53. The smallest absolute Gasteiger partial charge is 0.383 e.